The number of hydrogen-bond acceptors (Lipinski definition) is 5. The number of rotatable bonds is 5. The Morgan fingerprint density at radius 3 is 2.83 bits per heavy atom. The standard InChI is InChI=1S/C13H17N3O2/c14-12(6-11-7-15-9-16-11)13(17)18-8-10-4-2-1-3-5-10/h1-5,7,12,15-16H,6,8-9,14H2/t12-/m0/s1. The van der Waals surface area contributed by atoms with Crippen molar-refractivity contribution in [3.8, 4) is 0 Å². The Hall–Kier alpha value is -2.01. The molecule has 1 aromatic carbocycles. The first kappa shape index (κ1) is 12.4. The minimum absolute atomic E-state index is 0.262. The summed E-state index contributed by atoms with van der Waals surface area (Å²) in [5, 5.41) is 6.07. The maximum atomic E-state index is 11.7. The zero-order valence-electron chi connectivity index (χ0n) is 10.1. The highest BCUT2D eigenvalue weighted by Gasteiger charge is 2.18. The van der Waals surface area contributed by atoms with Crippen molar-refractivity contribution in [3.05, 3.63) is 47.8 Å². The maximum Gasteiger partial charge on any atom is 0.323 e. The van der Waals surface area contributed by atoms with Gasteiger partial charge >= 0.3 is 5.97 Å². The first-order chi connectivity index (χ1) is 8.75. The van der Waals surface area contributed by atoms with Gasteiger partial charge in [-0.2, -0.15) is 0 Å². The van der Waals surface area contributed by atoms with Gasteiger partial charge < -0.3 is 21.1 Å². The van der Waals surface area contributed by atoms with E-state index in [1.807, 2.05) is 36.5 Å². The Labute approximate surface area is 106 Å². The van der Waals surface area contributed by atoms with Gasteiger partial charge in [0.1, 0.15) is 12.6 Å². The molecule has 0 unspecified atom stereocenters. The normalized spacial score (nSPS) is 15.3. The average molecular weight is 247 g/mol. The summed E-state index contributed by atoms with van der Waals surface area (Å²) in [5.74, 6) is -0.381. The molecule has 0 radical (unpaired) electrons. The highest BCUT2D eigenvalue weighted by Crippen LogP contribution is 2.06. The Morgan fingerprint density at radius 2 is 2.17 bits per heavy atom. The molecule has 0 aromatic heterocycles. The lowest BCUT2D eigenvalue weighted by Crippen LogP contribution is -2.34. The van der Waals surface area contributed by atoms with Crippen LogP contribution in [0.25, 0.3) is 0 Å². The minimum Gasteiger partial charge on any atom is -0.460 e. The Morgan fingerprint density at radius 1 is 1.39 bits per heavy atom. The van der Waals surface area contributed by atoms with Crippen molar-refractivity contribution in [1.29, 1.82) is 0 Å². The van der Waals surface area contributed by atoms with Crippen LogP contribution in [0.2, 0.25) is 0 Å². The quantitative estimate of drug-likeness (QED) is 0.658. The van der Waals surface area contributed by atoms with Gasteiger partial charge in [0.05, 0.1) is 6.67 Å². The minimum atomic E-state index is -0.632. The van der Waals surface area contributed by atoms with Crippen LogP contribution in [0, 0.1) is 0 Å². The molecule has 4 N–H and O–H groups in total. The molecule has 0 amide bonds. The fourth-order valence-electron chi connectivity index (χ4n) is 1.68. The highest BCUT2D eigenvalue weighted by molar-refractivity contribution is 5.75. The number of ether oxygens (including phenoxy) is 1. The molecule has 1 aliphatic heterocycles. The lowest BCUT2D eigenvalue weighted by Gasteiger charge is -2.12. The molecule has 5 heteroatoms. The Balaban J connectivity index is 1.77. The second kappa shape index (κ2) is 6.07. The Bertz CT molecular complexity index is 431. The van der Waals surface area contributed by atoms with E-state index >= 15 is 0 Å². The van der Waals surface area contributed by atoms with Crippen LogP contribution in [0.15, 0.2) is 42.2 Å². The number of benzene rings is 1. The van der Waals surface area contributed by atoms with Crippen LogP contribution in [-0.4, -0.2) is 18.7 Å². The summed E-state index contributed by atoms with van der Waals surface area (Å²) in [6.45, 7) is 0.944. The zero-order valence-corrected chi connectivity index (χ0v) is 10.1. The van der Waals surface area contributed by atoms with Gasteiger partial charge in [0.25, 0.3) is 0 Å². The van der Waals surface area contributed by atoms with Gasteiger partial charge in [-0.15, -0.1) is 0 Å². The van der Waals surface area contributed by atoms with Crippen molar-refractivity contribution in [2.24, 2.45) is 5.73 Å². The molecule has 0 fully saturated rings. The Kier molecular flexibility index (Phi) is 4.20. The third-order valence-corrected chi connectivity index (χ3v) is 2.66. The molecule has 0 spiro atoms. The first-order valence-corrected chi connectivity index (χ1v) is 5.88. The van der Waals surface area contributed by atoms with E-state index in [1.54, 1.807) is 0 Å². The van der Waals surface area contributed by atoms with Crippen molar-refractivity contribution in [2.75, 3.05) is 6.67 Å². The first-order valence-electron chi connectivity index (χ1n) is 5.88. The fraction of sp³-hybridized carbons (Fsp3) is 0.308. The van der Waals surface area contributed by atoms with Gasteiger partial charge in [-0.25, -0.2) is 0 Å². The van der Waals surface area contributed by atoms with Gasteiger partial charge in [0, 0.05) is 18.3 Å². The second-order valence-corrected chi connectivity index (χ2v) is 4.13. The highest BCUT2D eigenvalue weighted by atomic mass is 16.5. The summed E-state index contributed by atoms with van der Waals surface area (Å²) in [5.41, 5.74) is 7.66. The molecule has 0 saturated carbocycles. The predicted molar refractivity (Wildman–Crippen MR) is 68.1 cm³/mol. The largest absolute Gasteiger partial charge is 0.460 e. The number of nitrogens with one attached hydrogen (secondary N) is 2. The molecule has 96 valence electrons. The molecular formula is C13H17N3O2. The van der Waals surface area contributed by atoms with Gasteiger partial charge in [-0.1, -0.05) is 30.3 Å². The summed E-state index contributed by atoms with van der Waals surface area (Å²) in [4.78, 5) is 11.7. The van der Waals surface area contributed by atoms with Crippen LogP contribution in [0.5, 0.6) is 0 Å². The van der Waals surface area contributed by atoms with Gasteiger partial charge in [0.15, 0.2) is 0 Å². The van der Waals surface area contributed by atoms with E-state index in [0.717, 1.165) is 11.3 Å². The lowest BCUT2D eigenvalue weighted by atomic mass is 10.2. The topological polar surface area (TPSA) is 76.4 Å². The number of hydrogen-bond donors (Lipinski definition) is 3. The molecule has 0 saturated heterocycles. The summed E-state index contributed by atoms with van der Waals surface area (Å²) in [6, 6.07) is 8.91. The molecule has 0 bridgehead atoms. The maximum absolute atomic E-state index is 11.7. The van der Waals surface area contributed by atoms with Crippen molar-refractivity contribution < 1.29 is 9.53 Å². The van der Waals surface area contributed by atoms with E-state index in [2.05, 4.69) is 10.6 Å². The van der Waals surface area contributed by atoms with E-state index in [9.17, 15) is 4.79 Å². The van der Waals surface area contributed by atoms with E-state index in [1.165, 1.54) is 0 Å². The smallest absolute Gasteiger partial charge is 0.323 e. The fourth-order valence-corrected chi connectivity index (χ4v) is 1.68. The molecule has 1 heterocycles. The molecule has 5 nitrogen and oxygen atoms in total. The number of esters is 1. The van der Waals surface area contributed by atoms with Crippen molar-refractivity contribution in [1.82, 2.24) is 10.6 Å². The molecule has 1 atom stereocenters. The van der Waals surface area contributed by atoms with Gasteiger partial charge in [-0.05, 0) is 5.56 Å². The number of nitrogens with two attached hydrogens (primary N) is 1. The van der Waals surface area contributed by atoms with Crippen molar-refractivity contribution >= 4 is 5.97 Å². The molecular weight excluding hydrogens is 230 g/mol. The van der Waals surface area contributed by atoms with E-state index < -0.39 is 6.04 Å². The van der Waals surface area contributed by atoms with Crippen LogP contribution in [-0.2, 0) is 16.1 Å². The molecule has 1 aliphatic rings. The van der Waals surface area contributed by atoms with Gasteiger partial charge in [0.2, 0.25) is 0 Å². The predicted octanol–water partition coefficient (Wildman–Crippen LogP) is 0.439. The van der Waals surface area contributed by atoms with Crippen molar-refractivity contribution in [3.63, 3.8) is 0 Å². The van der Waals surface area contributed by atoms with Crippen LogP contribution in [0.1, 0.15) is 12.0 Å². The summed E-state index contributed by atoms with van der Waals surface area (Å²) in [6.07, 6.45) is 2.28. The third-order valence-electron chi connectivity index (χ3n) is 2.66. The van der Waals surface area contributed by atoms with E-state index in [0.29, 0.717) is 13.1 Å². The summed E-state index contributed by atoms with van der Waals surface area (Å²) < 4.78 is 5.16. The zero-order chi connectivity index (χ0) is 12.8. The summed E-state index contributed by atoms with van der Waals surface area (Å²) >= 11 is 0. The van der Waals surface area contributed by atoms with Crippen LogP contribution in [0.4, 0.5) is 0 Å². The third kappa shape index (κ3) is 3.49. The molecule has 18 heavy (non-hydrogen) atoms. The molecule has 1 aromatic rings. The monoisotopic (exact) mass is 247 g/mol. The van der Waals surface area contributed by atoms with Crippen molar-refractivity contribution in [2.45, 2.75) is 19.1 Å². The number of carbonyl (C=O) groups is 1. The lowest BCUT2D eigenvalue weighted by molar-refractivity contribution is -0.146. The summed E-state index contributed by atoms with van der Waals surface area (Å²) in [7, 11) is 0. The molecule has 2 rings (SSSR count). The van der Waals surface area contributed by atoms with E-state index in [-0.39, 0.29) is 12.6 Å². The second-order valence-electron chi connectivity index (χ2n) is 4.13. The van der Waals surface area contributed by atoms with Crippen LogP contribution >= 0.6 is 0 Å². The van der Waals surface area contributed by atoms with E-state index in [4.69, 9.17) is 10.5 Å². The average Bonchev–Trinajstić information content (AvgIpc) is 2.90. The molecule has 0 aliphatic carbocycles. The SMILES string of the molecule is N[C@@H](CC1=CNCN1)C(=O)OCc1ccccc1. The van der Waals surface area contributed by atoms with Crippen LogP contribution < -0.4 is 16.4 Å². The van der Waals surface area contributed by atoms with Crippen LogP contribution in [0.3, 0.4) is 0 Å². The van der Waals surface area contributed by atoms with Gasteiger partial charge in [-0.3, -0.25) is 4.79 Å². The number of carbonyl (C=O) groups excluding carboxylic acids is 1.